The van der Waals surface area contributed by atoms with Gasteiger partial charge < -0.3 is 10.2 Å². The molecule has 0 aliphatic carbocycles. The molecule has 1 fully saturated rings. The zero-order chi connectivity index (χ0) is 11.4. The Morgan fingerprint density at radius 1 is 1.44 bits per heavy atom. The number of amidine groups is 1. The number of carbonyl (C=O) groups excluding carboxylic acids is 1. The number of hydrogen-bond donors (Lipinski definition) is 1. The molecule has 1 aliphatic rings. The molecule has 1 heterocycles. The van der Waals surface area contributed by atoms with Gasteiger partial charge in [-0.25, -0.2) is 4.79 Å². The van der Waals surface area contributed by atoms with E-state index in [0.29, 0.717) is 0 Å². The molecule has 5 heteroatoms. The minimum atomic E-state index is -0.317. The van der Waals surface area contributed by atoms with Crippen LogP contribution >= 0.6 is 11.8 Å². The monoisotopic (exact) mass is 235 g/mol. The van der Waals surface area contributed by atoms with Crippen molar-refractivity contribution in [3.05, 3.63) is 30.3 Å². The quantitative estimate of drug-likeness (QED) is 0.812. The van der Waals surface area contributed by atoms with Crippen LogP contribution in [0.5, 0.6) is 0 Å². The maximum atomic E-state index is 11.6. The van der Waals surface area contributed by atoms with E-state index in [1.807, 2.05) is 42.3 Å². The number of carbonyl (C=O) groups is 1. The summed E-state index contributed by atoms with van der Waals surface area (Å²) < 4.78 is 0. The van der Waals surface area contributed by atoms with E-state index in [9.17, 15) is 4.79 Å². The Hall–Kier alpha value is -1.49. The van der Waals surface area contributed by atoms with E-state index in [2.05, 4.69) is 10.3 Å². The number of aliphatic imine (C=N–C) groups is 1. The number of urea groups is 1. The third-order valence-corrected chi connectivity index (χ3v) is 3.25. The number of rotatable bonds is 1. The van der Waals surface area contributed by atoms with Gasteiger partial charge in [-0.15, -0.1) is 0 Å². The molecule has 0 saturated carbocycles. The van der Waals surface area contributed by atoms with Gasteiger partial charge in [0, 0.05) is 25.0 Å². The van der Waals surface area contributed by atoms with Crippen LogP contribution in [0.15, 0.2) is 35.3 Å². The summed E-state index contributed by atoms with van der Waals surface area (Å²) in [6.45, 7) is 0.947. The number of para-hydroxylation sites is 1. The first-order chi connectivity index (χ1) is 7.75. The Labute approximate surface area is 98.7 Å². The highest BCUT2D eigenvalue weighted by Gasteiger charge is 2.16. The third kappa shape index (κ3) is 2.76. The normalized spacial score (nSPS) is 17.8. The molecule has 2 rings (SSSR count). The maximum absolute atomic E-state index is 11.6. The molecule has 1 aliphatic heterocycles. The number of anilines is 1. The van der Waals surface area contributed by atoms with Gasteiger partial charge in [-0.2, -0.15) is 4.99 Å². The van der Waals surface area contributed by atoms with Crippen LogP contribution in [0.2, 0.25) is 0 Å². The lowest BCUT2D eigenvalue weighted by atomic mass is 10.3. The van der Waals surface area contributed by atoms with Gasteiger partial charge >= 0.3 is 6.03 Å². The highest BCUT2D eigenvalue weighted by Crippen LogP contribution is 2.16. The molecule has 84 valence electrons. The molecule has 4 nitrogen and oxygen atoms in total. The van der Waals surface area contributed by atoms with E-state index < -0.39 is 0 Å². The molecule has 1 saturated heterocycles. The van der Waals surface area contributed by atoms with Gasteiger partial charge in [0.15, 0.2) is 5.17 Å². The molecule has 0 unspecified atom stereocenters. The molecular weight excluding hydrogens is 222 g/mol. The van der Waals surface area contributed by atoms with Gasteiger partial charge in [0.2, 0.25) is 0 Å². The summed E-state index contributed by atoms with van der Waals surface area (Å²) >= 11 is 1.60. The molecule has 16 heavy (non-hydrogen) atoms. The number of hydrogen-bond acceptors (Lipinski definition) is 2. The fourth-order valence-electron chi connectivity index (χ4n) is 1.36. The summed E-state index contributed by atoms with van der Waals surface area (Å²) in [5, 5.41) is 3.51. The number of benzene rings is 1. The van der Waals surface area contributed by atoms with Gasteiger partial charge in [-0.05, 0) is 12.1 Å². The van der Waals surface area contributed by atoms with Crippen LogP contribution in [0.25, 0.3) is 0 Å². The van der Waals surface area contributed by atoms with Crippen molar-refractivity contribution in [2.45, 2.75) is 0 Å². The molecule has 0 aromatic heterocycles. The lowest BCUT2D eigenvalue weighted by Gasteiger charge is -2.09. The Bertz CT molecular complexity index is 405. The Kier molecular flexibility index (Phi) is 3.46. The summed E-state index contributed by atoms with van der Waals surface area (Å²) in [7, 11) is 1.94. The zero-order valence-corrected chi connectivity index (χ0v) is 9.83. The lowest BCUT2D eigenvalue weighted by molar-refractivity contribution is 0.259. The minimum absolute atomic E-state index is 0.317. The van der Waals surface area contributed by atoms with E-state index in [4.69, 9.17) is 0 Å². The van der Waals surface area contributed by atoms with Crippen molar-refractivity contribution in [1.82, 2.24) is 4.90 Å². The molecular formula is C11H13N3OS. The van der Waals surface area contributed by atoms with Crippen molar-refractivity contribution in [3.63, 3.8) is 0 Å². The number of nitrogens with zero attached hydrogens (tertiary/aromatic N) is 2. The third-order valence-electron chi connectivity index (χ3n) is 2.21. The van der Waals surface area contributed by atoms with E-state index in [-0.39, 0.29) is 6.03 Å². The van der Waals surface area contributed by atoms with Crippen LogP contribution in [0, 0.1) is 0 Å². The molecule has 0 spiro atoms. The first kappa shape index (κ1) is 11.0. The number of nitrogens with one attached hydrogen (secondary N) is 1. The highest BCUT2D eigenvalue weighted by atomic mass is 32.2. The summed E-state index contributed by atoms with van der Waals surface area (Å²) in [4.78, 5) is 17.6. The highest BCUT2D eigenvalue weighted by molar-refractivity contribution is 8.14. The minimum Gasteiger partial charge on any atom is -0.353 e. The predicted octanol–water partition coefficient (Wildman–Crippen LogP) is 2.25. The van der Waals surface area contributed by atoms with Crippen molar-refractivity contribution in [2.75, 3.05) is 24.7 Å². The van der Waals surface area contributed by atoms with Gasteiger partial charge in [-0.1, -0.05) is 30.0 Å². The van der Waals surface area contributed by atoms with Gasteiger partial charge in [-0.3, -0.25) is 0 Å². The molecule has 1 aromatic rings. The Morgan fingerprint density at radius 3 is 2.81 bits per heavy atom. The van der Waals surface area contributed by atoms with Crippen LogP contribution in [-0.4, -0.2) is 35.4 Å². The average molecular weight is 235 g/mol. The topological polar surface area (TPSA) is 44.7 Å². The molecule has 0 radical (unpaired) electrons. The van der Waals surface area contributed by atoms with Crippen LogP contribution in [-0.2, 0) is 0 Å². The van der Waals surface area contributed by atoms with Crippen molar-refractivity contribution >= 4 is 28.6 Å². The maximum Gasteiger partial charge on any atom is 0.347 e. The van der Waals surface area contributed by atoms with Gasteiger partial charge in [0.1, 0.15) is 0 Å². The largest absolute Gasteiger partial charge is 0.353 e. The Balaban J connectivity index is 1.99. The fraction of sp³-hybridized carbons (Fsp3) is 0.273. The zero-order valence-electron chi connectivity index (χ0n) is 9.01. The van der Waals surface area contributed by atoms with E-state index in [1.165, 1.54) is 0 Å². The molecule has 1 N–H and O–H groups in total. The van der Waals surface area contributed by atoms with Crippen LogP contribution in [0.1, 0.15) is 0 Å². The fourth-order valence-corrected chi connectivity index (χ4v) is 2.36. The van der Waals surface area contributed by atoms with E-state index >= 15 is 0 Å². The summed E-state index contributed by atoms with van der Waals surface area (Å²) in [6, 6.07) is 9.01. The van der Waals surface area contributed by atoms with Crippen LogP contribution in [0.3, 0.4) is 0 Å². The van der Waals surface area contributed by atoms with Crippen LogP contribution < -0.4 is 5.32 Å². The van der Waals surface area contributed by atoms with Crippen molar-refractivity contribution in [1.29, 1.82) is 0 Å². The van der Waals surface area contributed by atoms with E-state index in [1.54, 1.807) is 11.8 Å². The molecule has 2 amide bonds. The summed E-state index contributed by atoms with van der Waals surface area (Å²) in [5.41, 5.74) is 0.766. The van der Waals surface area contributed by atoms with Gasteiger partial charge in [0.25, 0.3) is 0 Å². The lowest BCUT2D eigenvalue weighted by Crippen LogP contribution is -2.20. The van der Waals surface area contributed by atoms with Crippen molar-refractivity contribution < 1.29 is 4.79 Å². The molecule has 0 atom stereocenters. The Morgan fingerprint density at radius 2 is 2.19 bits per heavy atom. The number of thioether (sulfide) groups is 1. The predicted molar refractivity (Wildman–Crippen MR) is 68.0 cm³/mol. The summed E-state index contributed by atoms with van der Waals surface area (Å²) in [5.74, 6) is 0.994. The molecule has 1 aromatic carbocycles. The standard InChI is InChI=1S/C11H13N3OS/c1-14-7-8-16-11(14)13-10(15)12-9-5-3-2-4-6-9/h2-6H,7-8H2,1H3,(H,12,15). The second-order valence-electron chi connectivity index (χ2n) is 3.46. The average Bonchev–Trinajstić information content (AvgIpc) is 2.66. The van der Waals surface area contributed by atoms with Crippen molar-refractivity contribution in [3.8, 4) is 0 Å². The number of amides is 2. The second kappa shape index (κ2) is 5.03. The molecule has 0 bridgehead atoms. The summed E-state index contributed by atoms with van der Waals surface area (Å²) in [6.07, 6.45) is 0. The van der Waals surface area contributed by atoms with Gasteiger partial charge in [0.05, 0.1) is 0 Å². The smallest absolute Gasteiger partial charge is 0.347 e. The second-order valence-corrected chi connectivity index (χ2v) is 4.52. The SMILES string of the molecule is CN1CCSC1=NC(=O)Nc1ccccc1. The van der Waals surface area contributed by atoms with Crippen LogP contribution in [0.4, 0.5) is 10.5 Å². The van der Waals surface area contributed by atoms with Crippen molar-refractivity contribution in [2.24, 2.45) is 4.99 Å². The first-order valence-electron chi connectivity index (χ1n) is 5.04. The first-order valence-corrected chi connectivity index (χ1v) is 6.03. The van der Waals surface area contributed by atoms with E-state index in [0.717, 1.165) is 23.2 Å².